The minimum Gasteiger partial charge on any atom is -0.507 e. The Hall–Kier alpha value is -2.30. The number of amides is 1. The van der Waals surface area contributed by atoms with Gasteiger partial charge < -0.3 is 15.6 Å². The van der Waals surface area contributed by atoms with Crippen LogP contribution in [0.1, 0.15) is 5.56 Å². The molecule has 2 aromatic rings. The molecular weight excluding hydrogens is 208 g/mol. The molecule has 0 saturated heterocycles. The van der Waals surface area contributed by atoms with Gasteiger partial charge in [-0.25, -0.2) is 4.79 Å². The first kappa shape index (κ1) is 10.2. The van der Waals surface area contributed by atoms with Crippen LogP contribution in [0, 0.1) is 0 Å². The molecule has 1 aromatic heterocycles. The van der Waals surface area contributed by atoms with E-state index in [0.29, 0.717) is 10.9 Å². The maximum atomic E-state index is 10.5. The number of fused-ring (bicyclic) bond motifs is 1. The molecule has 2 rings (SSSR count). The van der Waals surface area contributed by atoms with Crippen LogP contribution in [0.5, 0.6) is 5.75 Å². The molecule has 1 aromatic carbocycles. The molecule has 0 aliphatic rings. The Morgan fingerprint density at radius 2 is 2.25 bits per heavy atom. The molecule has 1 heterocycles. The molecule has 16 heavy (non-hydrogen) atoms. The van der Waals surface area contributed by atoms with Crippen LogP contribution in [0.25, 0.3) is 10.8 Å². The van der Waals surface area contributed by atoms with E-state index in [1.807, 2.05) is 6.07 Å². The molecule has 5 heteroatoms. The van der Waals surface area contributed by atoms with Crippen molar-refractivity contribution in [3.8, 4) is 5.75 Å². The van der Waals surface area contributed by atoms with Gasteiger partial charge in [0.25, 0.3) is 0 Å². The van der Waals surface area contributed by atoms with Gasteiger partial charge in [-0.2, -0.15) is 0 Å². The number of phenols is 1. The Morgan fingerprint density at radius 1 is 1.44 bits per heavy atom. The first-order chi connectivity index (χ1) is 7.68. The van der Waals surface area contributed by atoms with Gasteiger partial charge in [0.15, 0.2) is 0 Å². The molecule has 0 spiro atoms. The highest BCUT2D eigenvalue weighted by Gasteiger charge is 2.07. The molecule has 0 atom stereocenters. The zero-order chi connectivity index (χ0) is 11.5. The van der Waals surface area contributed by atoms with Crippen molar-refractivity contribution in [2.24, 2.45) is 5.73 Å². The van der Waals surface area contributed by atoms with E-state index in [2.05, 4.69) is 9.72 Å². The summed E-state index contributed by atoms with van der Waals surface area (Å²) in [6.07, 6.45) is 2.32. The second kappa shape index (κ2) is 4.06. The van der Waals surface area contributed by atoms with Gasteiger partial charge in [-0.05, 0) is 11.5 Å². The lowest BCUT2D eigenvalue weighted by molar-refractivity contribution is 0.149. The number of nitrogens with zero attached hydrogens (tertiary/aromatic N) is 1. The van der Waals surface area contributed by atoms with E-state index in [1.54, 1.807) is 24.5 Å². The van der Waals surface area contributed by atoms with Crippen molar-refractivity contribution in [2.75, 3.05) is 0 Å². The van der Waals surface area contributed by atoms with Gasteiger partial charge in [0.05, 0.1) is 0 Å². The molecule has 0 unspecified atom stereocenters. The minimum absolute atomic E-state index is 0.0496. The molecule has 0 bridgehead atoms. The van der Waals surface area contributed by atoms with Gasteiger partial charge in [-0.3, -0.25) is 4.98 Å². The summed E-state index contributed by atoms with van der Waals surface area (Å²) >= 11 is 0. The third-order valence-corrected chi connectivity index (χ3v) is 2.25. The quantitative estimate of drug-likeness (QED) is 0.800. The monoisotopic (exact) mass is 218 g/mol. The number of pyridine rings is 1. The normalized spacial score (nSPS) is 10.2. The first-order valence-corrected chi connectivity index (χ1v) is 4.65. The number of carbonyl (C=O) groups is 1. The van der Waals surface area contributed by atoms with Crippen molar-refractivity contribution >= 4 is 16.9 Å². The third kappa shape index (κ3) is 1.88. The largest absolute Gasteiger partial charge is 0.507 e. The zero-order valence-corrected chi connectivity index (χ0v) is 8.38. The van der Waals surface area contributed by atoms with Crippen LogP contribution in [-0.4, -0.2) is 16.2 Å². The van der Waals surface area contributed by atoms with Gasteiger partial charge >= 0.3 is 6.09 Å². The van der Waals surface area contributed by atoms with Gasteiger partial charge in [-0.15, -0.1) is 0 Å². The summed E-state index contributed by atoms with van der Waals surface area (Å²) in [6, 6.07) is 5.28. The number of phenolic OH excluding ortho intramolecular Hbond substituents is 1. The van der Waals surface area contributed by atoms with Crippen molar-refractivity contribution in [1.29, 1.82) is 0 Å². The second-order valence-electron chi connectivity index (χ2n) is 3.28. The highest BCUT2D eigenvalue weighted by molar-refractivity contribution is 5.88. The van der Waals surface area contributed by atoms with E-state index in [-0.39, 0.29) is 12.4 Å². The predicted molar refractivity (Wildman–Crippen MR) is 57.8 cm³/mol. The van der Waals surface area contributed by atoms with E-state index in [1.165, 1.54) is 0 Å². The molecule has 0 aliphatic carbocycles. The number of primary amides is 1. The van der Waals surface area contributed by atoms with E-state index in [0.717, 1.165) is 5.39 Å². The maximum absolute atomic E-state index is 10.5. The van der Waals surface area contributed by atoms with Crippen molar-refractivity contribution in [1.82, 2.24) is 4.98 Å². The number of hydrogen-bond donors (Lipinski definition) is 2. The van der Waals surface area contributed by atoms with Crippen LogP contribution in [0.3, 0.4) is 0 Å². The molecule has 82 valence electrons. The number of nitrogens with two attached hydrogens (primary N) is 1. The average molecular weight is 218 g/mol. The zero-order valence-electron chi connectivity index (χ0n) is 8.38. The van der Waals surface area contributed by atoms with Gasteiger partial charge in [0.2, 0.25) is 0 Å². The summed E-state index contributed by atoms with van der Waals surface area (Å²) in [7, 11) is 0. The lowest BCUT2D eigenvalue weighted by atomic mass is 10.1. The number of ether oxygens (including phenoxy) is 1. The van der Waals surface area contributed by atoms with E-state index in [4.69, 9.17) is 5.73 Å². The van der Waals surface area contributed by atoms with Gasteiger partial charge in [0, 0.05) is 23.3 Å². The van der Waals surface area contributed by atoms with Crippen molar-refractivity contribution < 1.29 is 14.6 Å². The minimum atomic E-state index is -0.870. The molecular formula is C11H10N2O3. The van der Waals surface area contributed by atoms with Crippen LogP contribution in [-0.2, 0) is 11.3 Å². The van der Waals surface area contributed by atoms with E-state index >= 15 is 0 Å². The molecule has 0 fully saturated rings. The van der Waals surface area contributed by atoms with Crippen LogP contribution >= 0.6 is 0 Å². The smallest absolute Gasteiger partial charge is 0.404 e. The summed E-state index contributed by atoms with van der Waals surface area (Å²) in [6.45, 7) is -0.0496. The summed E-state index contributed by atoms with van der Waals surface area (Å²) in [5.74, 6) is 0.0619. The van der Waals surface area contributed by atoms with Crippen molar-refractivity contribution in [3.05, 3.63) is 36.2 Å². The first-order valence-electron chi connectivity index (χ1n) is 4.65. The Bertz CT molecular complexity index is 540. The number of benzene rings is 1. The Kier molecular flexibility index (Phi) is 2.59. The molecule has 0 saturated carbocycles. The predicted octanol–water partition coefficient (Wildman–Crippen LogP) is 1.54. The number of aromatic nitrogens is 1. The Labute approximate surface area is 91.5 Å². The van der Waals surface area contributed by atoms with Crippen LogP contribution in [0.15, 0.2) is 30.6 Å². The highest BCUT2D eigenvalue weighted by Crippen LogP contribution is 2.28. The second-order valence-corrected chi connectivity index (χ2v) is 3.28. The fourth-order valence-corrected chi connectivity index (χ4v) is 1.46. The van der Waals surface area contributed by atoms with Crippen molar-refractivity contribution in [3.63, 3.8) is 0 Å². The highest BCUT2D eigenvalue weighted by atomic mass is 16.5. The SMILES string of the molecule is NC(=O)OCc1ccc2ccncc2c1O. The summed E-state index contributed by atoms with van der Waals surface area (Å²) in [5.41, 5.74) is 5.35. The summed E-state index contributed by atoms with van der Waals surface area (Å²) < 4.78 is 4.62. The molecule has 0 aliphatic heterocycles. The van der Waals surface area contributed by atoms with Crippen LogP contribution in [0.4, 0.5) is 4.79 Å². The molecule has 1 amide bonds. The fraction of sp³-hybridized carbons (Fsp3) is 0.0909. The molecule has 0 radical (unpaired) electrons. The lowest BCUT2D eigenvalue weighted by Gasteiger charge is -2.07. The lowest BCUT2D eigenvalue weighted by Crippen LogP contribution is -2.12. The number of aromatic hydroxyl groups is 1. The van der Waals surface area contributed by atoms with Gasteiger partial charge in [-0.1, -0.05) is 12.1 Å². The summed E-state index contributed by atoms with van der Waals surface area (Å²) in [4.78, 5) is 14.4. The number of hydrogen-bond acceptors (Lipinski definition) is 4. The molecule has 3 N–H and O–H groups in total. The van der Waals surface area contributed by atoms with Crippen LogP contribution in [0.2, 0.25) is 0 Å². The topological polar surface area (TPSA) is 85.4 Å². The van der Waals surface area contributed by atoms with Crippen molar-refractivity contribution in [2.45, 2.75) is 6.61 Å². The van der Waals surface area contributed by atoms with Gasteiger partial charge in [0.1, 0.15) is 12.4 Å². The van der Waals surface area contributed by atoms with E-state index < -0.39 is 6.09 Å². The fourth-order valence-electron chi connectivity index (χ4n) is 1.46. The average Bonchev–Trinajstić information content (AvgIpc) is 2.28. The standard InChI is InChI=1S/C11H10N2O3/c12-11(15)16-6-8-2-1-7-3-4-13-5-9(7)10(8)14/h1-5,14H,6H2,(H2,12,15). The van der Waals surface area contributed by atoms with Crippen LogP contribution < -0.4 is 5.73 Å². The number of carbonyl (C=O) groups excluding carboxylic acids is 1. The maximum Gasteiger partial charge on any atom is 0.404 e. The third-order valence-electron chi connectivity index (χ3n) is 2.25. The Balaban J connectivity index is 2.40. The summed E-state index contributed by atoms with van der Waals surface area (Å²) in [5, 5.41) is 11.4. The number of rotatable bonds is 2. The Morgan fingerprint density at radius 3 is 3.00 bits per heavy atom. The molecule has 5 nitrogen and oxygen atoms in total. The van der Waals surface area contributed by atoms with E-state index in [9.17, 15) is 9.90 Å².